The monoisotopic (exact) mass is 383 g/mol. The lowest BCUT2D eigenvalue weighted by Gasteiger charge is -2.15. The molecule has 1 heterocycles. The Morgan fingerprint density at radius 1 is 1.15 bits per heavy atom. The molecule has 0 atom stereocenters. The van der Waals surface area contributed by atoms with Crippen molar-refractivity contribution in [2.75, 3.05) is 14.2 Å². The Labute approximate surface area is 156 Å². The van der Waals surface area contributed by atoms with Crippen LogP contribution in [-0.4, -0.2) is 26.7 Å². The highest BCUT2D eigenvalue weighted by atomic mass is 32.1. The van der Waals surface area contributed by atoms with Gasteiger partial charge in [-0.05, 0) is 30.7 Å². The minimum atomic E-state index is -2.90. The quantitative estimate of drug-likeness (QED) is 0.538. The molecule has 142 valence electrons. The number of methoxy groups -OCH3 is 1. The van der Waals surface area contributed by atoms with E-state index in [1.807, 2.05) is 0 Å². The number of benzene rings is 1. The number of hydrogen-bond acceptors (Lipinski definition) is 4. The van der Waals surface area contributed by atoms with Gasteiger partial charge in [0.15, 0.2) is 5.96 Å². The molecule has 0 aliphatic heterocycles. The number of aryl methyl sites for hydroxylation is 1. The zero-order chi connectivity index (χ0) is 18.9. The van der Waals surface area contributed by atoms with E-state index in [4.69, 9.17) is 4.74 Å². The molecule has 2 rings (SSSR count). The van der Waals surface area contributed by atoms with Crippen LogP contribution in [0, 0.1) is 0 Å². The first-order valence-corrected chi connectivity index (χ1v) is 9.01. The van der Waals surface area contributed by atoms with E-state index in [-0.39, 0.29) is 12.3 Å². The second-order valence-electron chi connectivity index (χ2n) is 5.35. The van der Waals surface area contributed by atoms with Gasteiger partial charge >= 0.3 is 6.61 Å². The van der Waals surface area contributed by atoms with Crippen LogP contribution >= 0.6 is 11.3 Å². The number of nitrogens with one attached hydrogen (secondary N) is 2. The van der Waals surface area contributed by atoms with Crippen molar-refractivity contribution in [1.29, 1.82) is 0 Å². The molecule has 0 fully saturated rings. The second kappa shape index (κ2) is 9.96. The summed E-state index contributed by atoms with van der Waals surface area (Å²) in [6.45, 7) is 0.158. The van der Waals surface area contributed by atoms with E-state index >= 15 is 0 Å². The van der Waals surface area contributed by atoms with Gasteiger partial charge in [0, 0.05) is 35.0 Å². The van der Waals surface area contributed by atoms with Gasteiger partial charge in [-0.3, -0.25) is 4.99 Å². The molecule has 1 aromatic heterocycles. The van der Waals surface area contributed by atoms with Crippen LogP contribution in [0.4, 0.5) is 8.78 Å². The minimum Gasteiger partial charge on any atom is -0.497 e. The fourth-order valence-corrected chi connectivity index (χ4v) is 3.19. The summed E-state index contributed by atoms with van der Waals surface area (Å²) >= 11 is 1.75. The molecule has 0 saturated heterocycles. The first-order valence-electron chi connectivity index (χ1n) is 8.19. The standard InChI is InChI=1S/C18H23F2N3O2S/c1-4-14-7-8-15(26-14)11-23-18(21-2)22-10-12-5-6-13(24-3)9-16(12)25-17(19)20/h5-9,17H,4,10-11H2,1-3H3,(H2,21,22,23). The average Bonchev–Trinajstić information content (AvgIpc) is 3.10. The van der Waals surface area contributed by atoms with Gasteiger partial charge in [-0.15, -0.1) is 11.3 Å². The summed E-state index contributed by atoms with van der Waals surface area (Å²) < 4.78 is 34.9. The molecule has 0 bridgehead atoms. The van der Waals surface area contributed by atoms with Crippen LogP contribution in [0.3, 0.4) is 0 Å². The molecule has 0 aliphatic carbocycles. The highest BCUT2D eigenvalue weighted by Crippen LogP contribution is 2.26. The van der Waals surface area contributed by atoms with Crippen LogP contribution in [0.5, 0.6) is 11.5 Å². The van der Waals surface area contributed by atoms with Crippen molar-refractivity contribution >= 4 is 17.3 Å². The van der Waals surface area contributed by atoms with Crippen LogP contribution in [0.1, 0.15) is 22.2 Å². The number of ether oxygens (including phenoxy) is 2. The fraction of sp³-hybridized carbons (Fsp3) is 0.389. The first kappa shape index (κ1) is 20.0. The molecule has 0 amide bonds. The molecular weight excluding hydrogens is 360 g/mol. The summed E-state index contributed by atoms with van der Waals surface area (Å²) in [4.78, 5) is 6.69. The number of aliphatic imine (C=N–C) groups is 1. The number of thiophene rings is 1. The van der Waals surface area contributed by atoms with Crippen LogP contribution in [0.15, 0.2) is 35.3 Å². The molecule has 0 spiro atoms. The number of hydrogen-bond donors (Lipinski definition) is 2. The van der Waals surface area contributed by atoms with Crippen molar-refractivity contribution in [3.63, 3.8) is 0 Å². The third-order valence-electron chi connectivity index (χ3n) is 3.66. The maximum Gasteiger partial charge on any atom is 0.387 e. The molecule has 0 radical (unpaired) electrons. The summed E-state index contributed by atoms with van der Waals surface area (Å²) in [6.07, 6.45) is 1.02. The van der Waals surface area contributed by atoms with Crippen molar-refractivity contribution in [3.8, 4) is 11.5 Å². The minimum absolute atomic E-state index is 0.0770. The van der Waals surface area contributed by atoms with Crippen LogP contribution in [-0.2, 0) is 19.5 Å². The molecule has 0 aliphatic rings. The number of rotatable bonds is 8. The highest BCUT2D eigenvalue weighted by molar-refractivity contribution is 7.11. The molecule has 2 N–H and O–H groups in total. The van der Waals surface area contributed by atoms with E-state index in [2.05, 4.69) is 39.4 Å². The lowest BCUT2D eigenvalue weighted by atomic mass is 10.2. The van der Waals surface area contributed by atoms with Gasteiger partial charge in [0.25, 0.3) is 0 Å². The molecule has 0 saturated carbocycles. The maximum atomic E-state index is 12.6. The van der Waals surface area contributed by atoms with E-state index in [0.717, 1.165) is 6.42 Å². The lowest BCUT2D eigenvalue weighted by Crippen LogP contribution is -2.36. The Morgan fingerprint density at radius 3 is 2.50 bits per heavy atom. The third-order valence-corrected chi connectivity index (χ3v) is 4.89. The molecular formula is C18H23F2N3O2S. The van der Waals surface area contributed by atoms with Crippen molar-refractivity contribution in [2.24, 2.45) is 4.99 Å². The number of halogens is 2. The summed E-state index contributed by atoms with van der Waals surface area (Å²) in [6, 6.07) is 9.02. The van der Waals surface area contributed by atoms with Crippen molar-refractivity contribution < 1.29 is 18.3 Å². The van der Waals surface area contributed by atoms with E-state index in [1.165, 1.54) is 22.9 Å². The topological polar surface area (TPSA) is 54.9 Å². The number of alkyl halides is 2. The normalized spacial score (nSPS) is 11.5. The van der Waals surface area contributed by atoms with E-state index < -0.39 is 6.61 Å². The van der Waals surface area contributed by atoms with Gasteiger partial charge in [-0.25, -0.2) is 0 Å². The van der Waals surface area contributed by atoms with Crippen LogP contribution in [0.25, 0.3) is 0 Å². The van der Waals surface area contributed by atoms with Crippen LogP contribution < -0.4 is 20.1 Å². The average molecular weight is 383 g/mol. The van der Waals surface area contributed by atoms with E-state index in [1.54, 1.807) is 30.5 Å². The van der Waals surface area contributed by atoms with E-state index in [0.29, 0.717) is 23.8 Å². The Bertz CT molecular complexity index is 735. The van der Waals surface area contributed by atoms with Gasteiger partial charge in [-0.1, -0.05) is 6.92 Å². The number of nitrogens with zero attached hydrogens (tertiary/aromatic N) is 1. The fourth-order valence-electron chi connectivity index (χ4n) is 2.29. The molecule has 8 heteroatoms. The smallest absolute Gasteiger partial charge is 0.387 e. The van der Waals surface area contributed by atoms with Gasteiger partial charge < -0.3 is 20.1 Å². The lowest BCUT2D eigenvalue weighted by molar-refractivity contribution is -0.0505. The largest absolute Gasteiger partial charge is 0.497 e. The summed E-state index contributed by atoms with van der Waals surface area (Å²) in [5.41, 5.74) is 0.582. The third kappa shape index (κ3) is 5.87. The molecule has 1 aromatic carbocycles. The first-order chi connectivity index (χ1) is 12.5. The maximum absolute atomic E-state index is 12.6. The number of guanidine groups is 1. The van der Waals surface area contributed by atoms with Gasteiger partial charge in [0.05, 0.1) is 13.7 Å². The van der Waals surface area contributed by atoms with Crippen LogP contribution in [0.2, 0.25) is 0 Å². The Hall–Kier alpha value is -2.35. The van der Waals surface area contributed by atoms with E-state index in [9.17, 15) is 8.78 Å². The Balaban J connectivity index is 1.96. The Kier molecular flexibility index (Phi) is 7.65. The predicted molar refractivity (Wildman–Crippen MR) is 100 cm³/mol. The van der Waals surface area contributed by atoms with Crippen molar-refractivity contribution in [1.82, 2.24) is 10.6 Å². The summed E-state index contributed by atoms with van der Waals surface area (Å²) in [7, 11) is 3.13. The Morgan fingerprint density at radius 2 is 1.88 bits per heavy atom. The highest BCUT2D eigenvalue weighted by Gasteiger charge is 2.12. The molecule has 0 unspecified atom stereocenters. The van der Waals surface area contributed by atoms with Gasteiger partial charge in [0.2, 0.25) is 0 Å². The zero-order valence-corrected chi connectivity index (χ0v) is 15.8. The zero-order valence-electron chi connectivity index (χ0n) is 15.0. The molecule has 26 heavy (non-hydrogen) atoms. The van der Waals surface area contributed by atoms with Crippen molar-refractivity contribution in [2.45, 2.75) is 33.0 Å². The van der Waals surface area contributed by atoms with Crippen molar-refractivity contribution in [3.05, 3.63) is 45.6 Å². The summed E-state index contributed by atoms with van der Waals surface area (Å²) in [5, 5.41) is 6.32. The van der Waals surface area contributed by atoms with Gasteiger partial charge in [-0.2, -0.15) is 8.78 Å². The second-order valence-corrected chi connectivity index (χ2v) is 6.61. The molecule has 5 nitrogen and oxygen atoms in total. The molecule has 2 aromatic rings. The van der Waals surface area contributed by atoms with Gasteiger partial charge in [0.1, 0.15) is 11.5 Å². The SMILES string of the molecule is CCc1ccc(CNC(=NC)NCc2ccc(OC)cc2OC(F)F)s1. The summed E-state index contributed by atoms with van der Waals surface area (Å²) in [5.74, 6) is 1.11. The predicted octanol–water partition coefficient (Wildman–Crippen LogP) is 3.79.